The summed E-state index contributed by atoms with van der Waals surface area (Å²) in [7, 11) is 0.500. The van der Waals surface area contributed by atoms with Gasteiger partial charge in [0, 0.05) is 0 Å². The van der Waals surface area contributed by atoms with Gasteiger partial charge in [-0.2, -0.15) is 13.2 Å². The number of rotatable bonds is 2. The number of ether oxygens (including phenoxy) is 1. The van der Waals surface area contributed by atoms with E-state index in [0.717, 1.165) is 0 Å². The molecule has 6 heteroatoms. The summed E-state index contributed by atoms with van der Waals surface area (Å²) in [5.74, 6) is -1.51. The monoisotopic (exact) mass is 226 g/mol. The van der Waals surface area contributed by atoms with Gasteiger partial charge in [-0.25, -0.2) is 4.39 Å². The zero-order chi connectivity index (χ0) is 9.49. The van der Waals surface area contributed by atoms with Crippen molar-refractivity contribution >= 4 is 0 Å². The van der Waals surface area contributed by atoms with Crippen molar-refractivity contribution in [2.24, 2.45) is 0 Å². The molecule has 1 nitrogen and oxygen atoms in total. The molecule has 0 aliphatic rings. The lowest BCUT2D eigenvalue weighted by molar-refractivity contribution is -0.137. The zero-order valence-corrected chi connectivity index (χ0v) is 5.71. The number of hydrogen-bond acceptors (Lipinski definition) is 1. The second-order valence-corrected chi connectivity index (χ2v) is 1.17. The van der Waals surface area contributed by atoms with Crippen molar-refractivity contribution in [3.63, 3.8) is 0 Å². The molecule has 0 fully saturated rings. The molecule has 0 N–H and O–H groups in total. The van der Waals surface area contributed by atoms with Crippen molar-refractivity contribution in [1.29, 1.82) is 0 Å². The molecule has 0 heterocycles. The van der Waals surface area contributed by atoms with Crippen LogP contribution in [-0.4, -0.2) is 20.2 Å². The maximum atomic E-state index is 11.2. The van der Waals surface area contributed by atoms with Crippen LogP contribution in [0.2, 0.25) is 0 Å². The first-order chi connectivity index (χ1) is 4.98. The van der Waals surface area contributed by atoms with Crippen LogP contribution in [0.15, 0.2) is 12.3 Å². The maximum absolute atomic E-state index is 11.2. The predicted octanol–water partition coefficient (Wildman–Crippen LogP) is 4.50. The molecule has 0 saturated heterocycles. The molecule has 0 saturated carbocycles. The van der Waals surface area contributed by atoms with E-state index in [9.17, 15) is 22.0 Å². The van der Waals surface area contributed by atoms with Gasteiger partial charge in [-0.05, 0) is 0 Å². The van der Waals surface area contributed by atoms with Crippen molar-refractivity contribution in [2.45, 2.75) is 28.5 Å². The normalized spacial score (nSPS) is 7.57. The highest BCUT2D eigenvalue weighted by molar-refractivity contribution is 4.90. The van der Waals surface area contributed by atoms with E-state index in [1.807, 2.05) is 0 Å². The molecule has 0 aromatic heterocycles. The fourth-order valence-corrected chi connectivity index (χ4v) is 0.148. The lowest BCUT2D eigenvalue weighted by Gasteiger charge is -2.07. The summed E-state index contributed by atoms with van der Waals surface area (Å²) in [5.41, 5.74) is 0. The van der Waals surface area contributed by atoms with Gasteiger partial charge < -0.3 is 4.74 Å². The predicted molar refractivity (Wildman–Crippen MR) is 49.5 cm³/mol. The molecule has 92 valence electrons. The number of alkyl halides is 5. The van der Waals surface area contributed by atoms with Crippen LogP contribution in [0.4, 0.5) is 22.0 Å². The van der Waals surface area contributed by atoms with Gasteiger partial charge in [0.1, 0.15) is 0 Å². The molecule has 0 bridgehead atoms. The fraction of sp³-hybridized carbons (Fsp3) is 0.750. The standard InChI is InChI=1S/C4H4F4O.CH3F.3CH4/c1-3(9-2-5)4(6,7)8;1-2;;;/h1-2H2;1H3;3*1H4. The van der Waals surface area contributed by atoms with Crippen LogP contribution in [-0.2, 0) is 4.74 Å². The van der Waals surface area contributed by atoms with Gasteiger partial charge in [-0.1, -0.05) is 28.9 Å². The molecule has 14 heavy (non-hydrogen) atoms. The van der Waals surface area contributed by atoms with E-state index in [4.69, 9.17) is 0 Å². The number of allylic oxidation sites excluding steroid dienone is 1. The topological polar surface area (TPSA) is 9.23 Å². The Hall–Kier alpha value is -0.810. The van der Waals surface area contributed by atoms with Gasteiger partial charge >= 0.3 is 6.18 Å². The van der Waals surface area contributed by atoms with Crippen molar-refractivity contribution in [1.82, 2.24) is 0 Å². The molecule has 0 unspecified atom stereocenters. The summed E-state index contributed by atoms with van der Waals surface area (Å²) < 4.78 is 57.6. The van der Waals surface area contributed by atoms with Crippen LogP contribution in [0.3, 0.4) is 0 Å². The number of hydrogen-bond donors (Lipinski definition) is 0. The largest absolute Gasteiger partial charge is 0.458 e. The highest BCUT2D eigenvalue weighted by atomic mass is 19.4. The average molecular weight is 226 g/mol. The molecule has 0 spiro atoms. The van der Waals surface area contributed by atoms with Crippen LogP contribution in [0.1, 0.15) is 22.3 Å². The SMILES string of the molecule is C.C.C.C=C(OCF)C(F)(F)F.CF. The van der Waals surface area contributed by atoms with Gasteiger partial charge in [-0.3, -0.25) is 4.39 Å². The minimum atomic E-state index is -4.65. The Morgan fingerprint density at radius 2 is 1.43 bits per heavy atom. The van der Waals surface area contributed by atoms with Crippen molar-refractivity contribution < 1.29 is 26.7 Å². The van der Waals surface area contributed by atoms with Crippen LogP contribution in [0.5, 0.6) is 0 Å². The first-order valence-electron chi connectivity index (χ1n) is 2.31. The number of halogens is 5. The summed E-state index contributed by atoms with van der Waals surface area (Å²) in [6, 6.07) is 0. The Labute approximate surface area is 82.6 Å². The third kappa shape index (κ3) is 17.3. The van der Waals surface area contributed by atoms with Crippen molar-refractivity contribution in [3.05, 3.63) is 12.3 Å². The van der Waals surface area contributed by atoms with Gasteiger partial charge in [0.2, 0.25) is 6.86 Å². The molecular weight excluding hydrogens is 207 g/mol. The van der Waals surface area contributed by atoms with Crippen LogP contribution < -0.4 is 0 Å². The summed E-state index contributed by atoms with van der Waals surface area (Å²) >= 11 is 0. The molecular formula is C8H19F5O. The van der Waals surface area contributed by atoms with Crippen LogP contribution in [0.25, 0.3) is 0 Å². The van der Waals surface area contributed by atoms with E-state index in [2.05, 4.69) is 11.3 Å². The zero-order valence-electron chi connectivity index (χ0n) is 5.71. The molecule has 0 aliphatic carbocycles. The van der Waals surface area contributed by atoms with Crippen LogP contribution in [0, 0.1) is 0 Å². The lowest BCUT2D eigenvalue weighted by atomic mass is 10.6. The van der Waals surface area contributed by atoms with E-state index < -0.39 is 18.8 Å². The highest BCUT2D eigenvalue weighted by Crippen LogP contribution is 2.24. The van der Waals surface area contributed by atoms with Gasteiger partial charge in [0.15, 0.2) is 5.76 Å². The molecule has 0 rings (SSSR count). The van der Waals surface area contributed by atoms with E-state index in [1.54, 1.807) is 0 Å². The summed E-state index contributed by atoms with van der Waals surface area (Å²) in [6.45, 7) is 0.927. The van der Waals surface area contributed by atoms with Crippen molar-refractivity contribution in [2.75, 3.05) is 14.0 Å². The second-order valence-electron chi connectivity index (χ2n) is 1.17. The van der Waals surface area contributed by atoms with E-state index in [-0.39, 0.29) is 22.3 Å². The minimum absolute atomic E-state index is 0. The Morgan fingerprint density at radius 1 is 1.14 bits per heavy atom. The van der Waals surface area contributed by atoms with E-state index >= 15 is 0 Å². The maximum Gasteiger partial charge on any atom is 0.448 e. The summed E-state index contributed by atoms with van der Waals surface area (Å²) in [4.78, 5) is 0. The van der Waals surface area contributed by atoms with E-state index in [1.165, 1.54) is 0 Å². The quantitative estimate of drug-likeness (QED) is 0.497. The molecule has 0 aliphatic heterocycles. The van der Waals surface area contributed by atoms with Gasteiger partial charge in [0.25, 0.3) is 0 Å². The smallest absolute Gasteiger partial charge is 0.448 e. The minimum Gasteiger partial charge on any atom is -0.458 e. The molecule has 0 atom stereocenters. The summed E-state index contributed by atoms with van der Waals surface area (Å²) in [6.07, 6.45) is -4.65. The van der Waals surface area contributed by atoms with Gasteiger partial charge in [-0.15, -0.1) is 0 Å². The molecule has 0 aromatic rings. The Kier molecular flexibility index (Phi) is 30.7. The molecule has 0 aromatic carbocycles. The molecule has 0 amide bonds. The third-order valence-corrected chi connectivity index (χ3v) is 0.545. The fourth-order valence-electron chi connectivity index (χ4n) is 0.148. The Morgan fingerprint density at radius 3 is 1.50 bits per heavy atom. The Balaban J connectivity index is -0.0000000505. The van der Waals surface area contributed by atoms with Crippen molar-refractivity contribution in [3.8, 4) is 0 Å². The first kappa shape index (κ1) is 29.2. The molecule has 0 radical (unpaired) electrons. The van der Waals surface area contributed by atoms with E-state index in [0.29, 0.717) is 7.18 Å². The third-order valence-electron chi connectivity index (χ3n) is 0.545. The first-order valence-corrected chi connectivity index (χ1v) is 2.31. The lowest BCUT2D eigenvalue weighted by Crippen LogP contribution is -2.12. The Bertz CT molecular complexity index is 111. The van der Waals surface area contributed by atoms with Gasteiger partial charge in [0.05, 0.1) is 7.18 Å². The second kappa shape index (κ2) is 14.7. The van der Waals surface area contributed by atoms with Crippen LogP contribution >= 0.6 is 0 Å². The average Bonchev–Trinajstić information content (AvgIpc) is 1.91. The summed E-state index contributed by atoms with van der Waals surface area (Å²) in [5, 5.41) is 0. The highest BCUT2D eigenvalue weighted by Gasteiger charge is 2.33.